The standard InChI is InChI=1S/C20H18ClNO5/c1-26-19(24)14-6-4-13(5-7-14)12-27-20(25)15-8-9-16(21)17(11-15)22-10-2-3-18(22)23/h4-9,11H,2-3,10,12H2,1H3. The highest BCUT2D eigenvalue weighted by Gasteiger charge is 2.24. The van der Waals surface area contributed by atoms with Crippen molar-refractivity contribution in [2.75, 3.05) is 18.6 Å². The van der Waals surface area contributed by atoms with Crippen LogP contribution >= 0.6 is 11.6 Å². The van der Waals surface area contributed by atoms with Gasteiger partial charge in [0.2, 0.25) is 5.91 Å². The van der Waals surface area contributed by atoms with E-state index in [0.29, 0.717) is 34.8 Å². The largest absolute Gasteiger partial charge is 0.465 e. The topological polar surface area (TPSA) is 72.9 Å². The van der Waals surface area contributed by atoms with Crippen molar-refractivity contribution >= 4 is 35.1 Å². The number of ether oxygens (including phenoxy) is 2. The van der Waals surface area contributed by atoms with Gasteiger partial charge < -0.3 is 14.4 Å². The fourth-order valence-electron chi connectivity index (χ4n) is 2.84. The lowest BCUT2D eigenvalue weighted by molar-refractivity contribution is -0.117. The van der Waals surface area contributed by atoms with Crippen molar-refractivity contribution in [2.45, 2.75) is 19.4 Å². The maximum absolute atomic E-state index is 12.4. The number of anilines is 1. The Hall–Kier alpha value is -2.86. The molecule has 1 aliphatic rings. The number of methoxy groups -OCH3 is 1. The zero-order valence-electron chi connectivity index (χ0n) is 14.7. The summed E-state index contributed by atoms with van der Waals surface area (Å²) in [6.07, 6.45) is 1.25. The minimum absolute atomic E-state index is 0.00638. The molecule has 2 aromatic carbocycles. The van der Waals surface area contributed by atoms with Crippen LogP contribution in [0.2, 0.25) is 5.02 Å². The fourth-order valence-corrected chi connectivity index (χ4v) is 3.06. The summed E-state index contributed by atoms with van der Waals surface area (Å²) in [4.78, 5) is 37.3. The number of nitrogens with zero attached hydrogens (tertiary/aromatic N) is 1. The summed E-state index contributed by atoms with van der Waals surface area (Å²) in [6, 6.07) is 11.3. The molecule has 1 aliphatic heterocycles. The van der Waals surface area contributed by atoms with Crippen molar-refractivity contribution in [2.24, 2.45) is 0 Å². The molecule has 1 fully saturated rings. The molecule has 0 N–H and O–H groups in total. The van der Waals surface area contributed by atoms with Gasteiger partial charge in [0.25, 0.3) is 0 Å². The smallest absolute Gasteiger partial charge is 0.338 e. The van der Waals surface area contributed by atoms with Crippen molar-refractivity contribution in [3.8, 4) is 0 Å². The summed E-state index contributed by atoms with van der Waals surface area (Å²) in [5.41, 5.74) is 2.00. The molecule has 0 saturated carbocycles. The van der Waals surface area contributed by atoms with Gasteiger partial charge in [-0.25, -0.2) is 9.59 Å². The van der Waals surface area contributed by atoms with Gasteiger partial charge in [0.15, 0.2) is 0 Å². The van der Waals surface area contributed by atoms with Crippen LogP contribution < -0.4 is 4.90 Å². The van der Waals surface area contributed by atoms with Gasteiger partial charge in [-0.3, -0.25) is 4.79 Å². The summed E-state index contributed by atoms with van der Waals surface area (Å²) >= 11 is 6.19. The van der Waals surface area contributed by atoms with Gasteiger partial charge in [-0.1, -0.05) is 23.7 Å². The predicted octanol–water partition coefficient (Wildman–Crippen LogP) is 3.61. The van der Waals surface area contributed by atoms with Gasteiger partial charge in [0.05, 0.1) is 28.9 Å². The van der Waals surface area contributed by atoms with Crippen molar-refractivity contribution in [1.29, 1.82) is 0 Å². The molecular formula is C20H18ClNO5. The number of hydrogen-bond donors (Lipinski definition) is 0. The molecular weight excluding hydrogens is 370 g/mol. The van der Waals surface area contributed by atoms with Crippen LogP contribution in [0.25, 0.3) is 0 Å². The Labute approximate surface area is 161 Å². The molecule has 0 atom stereocenters. The van der Waals surface area contributed by atoms with Gasteiger partial charge in [0.1, 0.15) is 6.61 Å². The van der Waals surface area contributed by atoms with Crippen molar-refractivity contribution in [3.63, 3.8) is 0 Å². The van der Waals surface area contributed by atoms with E-state index in [9.17, 15) is 14.4 Å². The molecule has 140 valence electrons. The molecule has 0 aromatic heterocycles. The van der Waals surface area contributed by atoms with Crippen molar-refractivity contribution < 1.29 is 23.9 Å². The molecule has 3 rings (SSSR count). The Morgan fingerprint density at radius 3 is 2.41 bits per heavy atom. The Bertz CT molecular complexity index is 878. The third-order valence-electron chi connectivity index (χ3n) is 4.29. The molecule has 1 heterocycles. The summed E-state index contributed by atoms with van der Waals surface area (Å²) in [6.45, 7) is 0.643. The number of benzene rings is 2. The van der Waals surface area contributed by atoms with Crippen LogP contribution in [-0.4, -0.2) is 31.5 Å². The highest BCUT2D eigenvalue weighted by molar-refractivity contribution is 6.34. The van der Waals surface area contributed by atoms with Crippen LogP contribution in [-0.2, 0) is 20.9 Å². The molecule has 27 heavy (non-hydrogen) atoms. The SMILES string of the molecule is COC(=O)c1ccc(COC(=O)c2ccc(Cl)c(N3CCCC3=O)c2)cc1. The molecule has 0 spiro atoms. The Kier molecular flexibility index (Phi) is 5.76. The van der Waals surface area contributed by atoms with E-state index in [1.165, 1.54) is 7.11 Å². The summed E-state index contributed by atoms with van der Waals surface area (Å²) in [5.74, 6) is -0.951. The lowest BCUT2D eigenvalue weighted by Gasteiger charge is -2.18. The molecule has 0 aliphatic carbocycles. The normalized spacial score (nSPS) is 13.6. The molecule has 7 heteroatoms. The third kappa shape index (κ3) is 4.28. The number of carbonyl (C=O) groups is 3. The summed E-state index contributed by atoms with van der Waals surface area (Å²) < 4.78 is 9.96. The molecule has 1 saturated heterocycles. The maximum atomic E-state index is 12.4. The van der Waals surface area contributed by atoms with E-state index in [4.69, 9.17) is 16.3 Å². The zero-order chi connectivity index (χ0) is 19.4. The van der Waals surface area contributed by atoms with Crippen LogP contribution in [0.15, 0.2) is 42.5 Å². The van der Waals surface area contributed by atoms with Crippen LogP contribution in [0.4, 0.5) is 5.69 Å². The first-order valence-electron chi connectivity index (χ1n) is 8.44. The molecule has 0 bridgehead atoms. The number of carbonyl (C=O) groups excluding carboxylic acids is 3. The van der Waals surface area contributed by atoms with Crippen LogP contribution in [0.5, 0.6) is 0 Å². The van der Waals surface area contributed by atoms with Crippen LogP contribution in [0.1, 0.15) is 39.1 Å². The van der Waals surface area contributed by atoms with E-state index in [1.807, 2.05) is 0 Å². The first kappa shape index (κ1) is 18.9. The van der Waals surface area contributed by atoms with E-state index in [2.05, 4.69) is 4.74 Å². The number of amides is 1. The minimum atomic E-state index is -0.517. The van der Waals surface area contributed by atoms with Gasteiger partial charge in [-0.2, -0.15) is 0 Å². The predicted molar refractivity (Wildman–Crippen MR) is 99.9 cm³/mol. The van der Waals surface area contributed by atoms with Gasteiger partial charge in [-0.15, -0.1) is 0 Å². The molecule has 1 amide bonds. The number of hydrogen-bond acceptors (Lipinski definition) is 5. The average molecular weight is 388 g/mol. The molecule has 2 aromatic rings. The highest BCUT2D eigenvalue weighted by Crippen LogP contribution is 2.30. The highest BCUT2D eigenvalue weighted by atomic mass is 35.5. The summed E-state index contributed by atoms with van der Waals surface area (Å²) in [7, 11) is 1.31. The third-order valence-corrected chi connectivity index (χ3v) is 4.61. The molecule has 0 radical (unpaired) electrons. The zero-order valence-corrected chi connectivity index (χ0v) is 15.5. The van der Waals surface area contributed by atoms with E-state index >= 15 is 0 Å². The second-order valence-corrected chi connectivity index (χ2v) is 6.49. The second-order valence-electron chi connectivity index (χ2n) is 6.08. The number of rotatable bonds is 5. The van der Waals surface area contributed by atoms with Crippen molar-refractivity contribution in [3.05, 3.63) is 64.2 Å². The summed E-state index contributed by atoms with van der Waals surface area (Å²) in [5, 5.41) is 0.417. The minimum Gasteiger partial charge on any atom is -0.465 e. The van der Waals surface area contributed by atoms with Crippen LogP contribution in [0.3, 0.4) is 0 Å². The van der Waals surface area contributed by atoms with E-state index < -0.39 is 11.9 Å². The van der Waals surface area contributed by atoms with Crippen LogP contribution in [0, 0.1) is 0 Å². The van der Waals surface area contributed by atoms with Crippen molar-refractivity contribution in [1.82, 2.24) is 0 Å². The number of halogens is 1. The van der Waals surface area contributed by atoms with E-state index in [1.54, 1.807) is 47.4 Å². The quantitative estimate of drug-likeness (QED) is 0.733. The number of esters is 2. The van der Waals surface area contributed by atoms with Gasteiger partial charge in [-0.05, 0) is 42.3 Å². The Balaban J connectivity index is 1.67. The Morgan fingerprint density at radius 2 is 1.78 bits per heavy atom. The first-order valence-corrected chi connectivity index (χ1v) is 8.81. The van der Waals surface area contributed by atoms with E-state index in [0.717, 1.165) is 12.0 Å². The van der Waals surface area contributed by atoms with E-state index in [-0.39, 0.29) is 12.5 Å². The monoisotopic (exact) mass is 387 g/mol. The lowest BCUT2D eigenvalue weighted by Crippen LogP contribution is -2.24. The second kappa shape index (κ2) is 8.22. The van der Waals surface area contributed by atoms with Gasteiger partial charge in [0, 0.05) is 13.0 Å². The Morgan fingerprint density at radius 1 is 1.07 bits per heavy atom. The van der Waals surface area contributed by atoms with Gasteiger partial charge >= 0.3 is 11.9 Å². The first-order chi connectivity index (χ1) is 13.0. The average Bonchev–Trinajstić information content (AvgIpc) is 3.12. The lowest BCUT2D eigenvalue weighted by atomic mass is 10.1. The molecule has 6 nitrogen and oxygen atoms in total. The fraction of sp³-hybridized carbons (Fsp3) is 0.250. The molecule has 0 unspecified atom stereocenters. The maximum Gasteiger partial charge on any atom is 0.338 e.